The van der Waals surface area contributed by atoms with Gasteiger partial charge in [-0.1, -0.05) is 23.7 Å². The molecule has 5 rings (SSSR count). The van der Waals surface area contributed by atoms with Crippen LogP contribution in [0.3, 0.4) is 0 Å². The Morgan fingerprint density at radius 1 is 1.30 bits per heavy atom. The molecule has 1 saturated heterocycles. The van der Waals surface area contributed by atoms with E-state index in [-0.39, 0.29) is 70.0 Å². The molecule has 3 heterocycles. The lowest BCUT2D eigenvalue weighted by molar-refractivity contribution is -0.120. The molecule has 13 heteroatoms. The molecule has 1 fully saturated rings. The zero-order valence-electron chi connectivity index (χ0n) is 20.2. The highest BCUT2D eigenvalue weighted by Gasteiger charge is 2.60. The molecule has 1 aromatic heterocycles. The smallest absolute Gasteiger partial charge is 0.249 e. The highest BCUT2D eigenvalue weighted by Crippen LogP contribution is 2.54. The monoisotopic (exact) mass is 530 g/mol. The first-order valence-electron chi connectivity index (χ1n) is 11.5. The summed E-state index contributed by atoms with van der Waals surface area (Å²) in [7, 11) is 2.79. The number of ether oxygens (including phenoxy) is 3. The fourth-order valence-electron chi connectivity index (χ4n) is 4.80. The maximum absolute atomic E-state index is 13.7. The number of Topliss-reactive ketones (excluding diaryl/α,β-unsaturated/α-hetero) is 2. The number of amides is 1. The summed E-state index contributed by atoms with van der Waals surface area (Å²) in [6.45, 7) is 1.56. The molecular weight excluding hydrogens is 508 g/mol. The van der Waals surface area contributed by atoms with Crippen molar-refractivity contribution in [3.63, 3.8) is 0 Å². The third-order valence-corrected chi connectivity index (χ3v) is 7.10. The number of aliphatic hydroxyl groups excluding tert-OH is 1. The fourth-order valence-corrected chi connectivity index (χ4v) is 5.07. The van der Waals surface area contributed by atoms with Crippen LogP contribution in [0.5, 0.6) is 17.2 Å². The van der Waals surface area contributed by atoms with E-state index in [2.05, 4.69) is 20.4 Å². The number of rotatable bonds is 6. The van der Waals surface area contributed by atoms with Gasteiger partial charge in [-0.25, -0.2) is 0 Å². The van der Waals surface area contributed by atoms with Gasteiger partial charge in [0.05, 0.1) is 19.8 Å². The molecule has 3 aliphatic rings. The lowest BCUT2D eigenvalue weighted by Crippen LogP contribution is -2.52. The highest BCUT2D eigenvalue weighted by molar-refractivity contribution is 6.35. The van der Waals surface area contributed by atoms with Gasteiger partial charge in [0.15, 0.2) is 23.1 Å². The number of hydrogen-bond donors (Lipinski definition) is 2. The molecule has 37 heavy (non-hydrogen) atoms. The van der Waals surface area contributed by atoms with Crippen LogP contribution in [-0.2, 0) is 16.1 Å². The number of allylic oxidation sites excluding steroid dienone is 1. The Hall–Kier alpha value is -3.93. The Bertz CT molecular complexity index is 1380. The predicted octanol–water partition coefficient (Wildman–Crippen LogP) is 2.70. The van der Waals surface area contributed by atoms with Crippen LogP contribution in [0.25, 0.3) is 0 Å². The zero-order chi connectivity index (χ0) is 26.5. The van der Waals surface area contributed by atoms with Crippen molar-refractivity contribution in [2.45, 2.75) is 44.4 Å². The van der Waals surface area contributed by atoms with Gasteiger partial charge < -0.3 is 29.2 Å². The van der Waals surface area contributed by atoms with Crippen molar-refractivity contribution >= 4 is 35.3 Å². The first-order chi connectivity index (χ1) is 17.7. The summed E-state index contributed by atoms with van der Waals surface area (Å²) < 4.78 is 21.9. The number of hydrogen-bond acceptors (Lipinski definition) is 11. The number of carbonyl (C=O) groups excluding carboxylic acids is 3. The van der Waals surface area contributed by atoms with Crippen LogP contribution in [-0.4, -0.2) is 58.8 Å². The van der Waals surface area contributed by atoms with E-state index in [0.717, 1.165) is 6.21 Å². The summed E-state index contributed by atoms with van der Waals surface area (Å²) in [4.78, 5) is 46.4. The van der Waals surface area contributed by atoms with Crippen molar-refractivity contribution in [1.29, 1.82) is 0 Å². The molecule has 1 aromatic carbocycles. The molecular formula is C24H23ClN4O8. The number of aliphatic imine (C=N–C) groups is 1. The van der Waals surface area contributed by atoms with Gasteiger partial charge in [0.1, 0.15) is 34.7 Å². The SMILES string of the molecule is COc1cc(OC)c2c(c1Cl)O[C@]1(C2=O)C(O)=C(C=NCc2noc(C3CCC(=O)N3)n2)C(=O)C[C@H]1C. The topological polar surface area (TPSA) is 162 Å². The number of nitrogens with one attached hydrogen (secondary N) is 1. The number of aliphatic hydroxyl groups is 1. The van der Waals surface area contributed by atoms with E-state index in [4.69, 9.17) is 30.3 Å². The number of benzene rings is 1. The molecule has 2 aromatic rings. The summed E-state index contributed by atoms with van der Waals surface area (Å²) >= 11 is 6.43. The molecule has 3 atom stereocenters. The lowest BCUT2D eigenvalue weighted by Gasteiger charge is -2.36. The molecule has 0 saturated carbocycles. The van der Waals surface area contributed by atoms with Gasteiger partial charge in [0, 0.05) is 31.0 Å². The minimum atomic E-state index is -1.89. The van der Waals surface area contributed by atoms with Gasteiger partial charge in [-0.15, -0.1) is 0 Å². The predicted molar refractivity (Wildman–Crippen MR) is 127 cm³/mol. The zero-order valence-corrected chi connectivity index (χ0v) is 20.9. The second-order valence-electron chi connectivity index (χ2n) is 8.93. The number of ketones is 2. The Morgan fingerprint density at radius 2 is 2.05 bits per heavy atom. The normalized spacial score (nSPS) is 25.1. The molecule has 1 aliphatic carbocycles. The van der Waals surface area contributed by atoms with Crippen molar-refractivity contribution < 1.29 is 38.2 Å². The van der Waals surface area contributed by atoms with Crippen LogP contribution in [0, 0.1) is 5.92 Å². The van der Waals surface area contributed by atoms with E-state index in [1.807, 2.05) is 0 Å². The van der Waals surface area contributed by atoms with Crippen LogP contribution in [0.15, 0.2) is 26.9 Å². The molecule has 1 amide bonds. The van der Waals surface area contributed by atoms with E-state index in [0.29, 0.717) is 12.8 Å². The van der Waals surface area contributed by atoms with Crippen LogP contribution in [0.4, 0.5) is 0 Å². The van der Waals surface area contributed by atoms with E-state index in [1.54, 1.807) is 6.92 Å². The molecule has 0 bridgehead atoms. The number of aromatic nitrogens is 2. The second-order valence-corrected chi connectivity index (χ2v) is 9.31. The van der Waals surface area contributed by atoms with Gasteiger partial charge in [0.25, 0.3) is 0 Å². The number of carbonyl (C=O) groups is 3. The summed E-state index contributed by atoms with van der Waals surface area (Å²) in [6, 6.07) is 1.11. The minimum absolute atomic E-state index is 0.00485. The molecule has 2 aliphatic heterocycles. The van der Waals surface area contributed by atoms with Gasteiger partial charge in [-0.2, -0.15) is 4.98 Å². The van der Waals surface area contributed by atoms with E-state index in [9.17, 15) is 19.5 Å². The minimum Gasteiger partial charge on any atom is -0.507 e. The van der Waals surface area contributed by atoms with Crippen molar-refractivity contribution in [2.24, 2.45) is 10.9 Å². The largest absolute Gasteiger partial charge is 0.507 e. The van der Waals surface area contributed by atoms with Gasteiger partial charge in [-0.3, -0.25) is 19.4 Å². The first kappa shape index (κ1) is 24.8. The average molecular weight is 531 g/mol. The fraction of sp³-hybridized carbons (Fsp3) is 0.417. The maximum Gasteiger partial charge on any atom is 0.249 e. The second kappa shape index (κ2) is 9.18. The summed E-state index contributed by atoms with van der Waals surface area (Å²) in [5.41, 5.74) is -2.01. The standard InChI is InChI=1S/C24H23ClN4O8/c1-10-6-13(30)11(8-26-9-16-28-23(37-29-16)12-4-5-17(31)27-12)21(32)24(10)22(33)18-14(34-2)7-15(35-3)19(25)20(18)36-24/h7-8,10,12,32H,4-6,9H2,1-3H3,(H,27,31)/t10-,12?,24+/m1/s1. The molecule has 1 unspecified atom stereocenters. The Morgan fingerprint density at radius 3 is 2.73 bits per heavy atom. The van der Waals surface area contributed by atoms with E-state index in [1.165, 1.54) is 20.3 Å². The van der Waals surface area contributed by atoms with Crippen LogP contribution >= 0.6 is 11.6 Å². The molecule has 12 nitrogen and oxygen atoms in total. The van der Waals surface area contributed by atoms with Gasteiger partial charge in [0.2, 0.25) is 23.2 Å². The van der Waals surface area contributed by atoms with Crippen LogP contribution < -0.4 is 19.5 Å². The summed E-state index contributed by atoms with van der Waals surface area (Å²) in [5, 5.41) is 17.9. The lowest BCUT2D eigenvalue weighted by atomic mass is 9.73. The molecule has 194 valence electrons. The van der Waals surface area contributed by atoms with Gasteiger partial charge in [-0.05, 0) is 6.42 Å². The van der Waals surface area contributed by atoms with E-state index < -0.39 is 28.8 Å². The van der Waals surface area contributed by atoms with Gasteiger partial charge >= 0.3 is 0 Å². The summed E-state index contributed by atoms with van der Waals surface area (Å²) in [6.07, 6.45) is 2.01. The quantitative estimate of drug-likeness (QED) is 0.531. The highest BCUT2D eigenvalue weighted by atomic mass is 35.5. The third-order valence-electron chi connectivity index (χ3n) is 6.74. The Labute approximate surface area is 215 Å². The van der Waals surface area contributed by atoms with Crippen molar-refractivity contribution in [2.75, 3.05) is 14.2 Å². The Balaban J connectivity index is 1.45. The Kier molecular flexibility index (Phi) is 6.14. The number of nitrogens with zero attached hydrogens (tertiary/aromatic N) is 3. The van der Waals surface area contributed by atoms with Crippen LogP contribution in [0.2, 0.25) is 5.02 Å². The molecule has 0 radical (unpaired) electrons. The maximum atomic E-state index is 13.7. The van der Waals surface area contributed by atoms with Crippen molar-refractivity contribution in [3.05, 3.63) is 39.7 Å². The molecule has 2 N–H and O–H groups in total. The number of methoxy groups -OCH3 is 2. The van der Waals surface area contributed by atoms with Crippen LogP contribution in [0.1, 0.15) is 54.3 Å². The number of fused-ring (bicyclic) bond motifs is 1. The summed E-state index contributed by atoms with van der Waals surface area (Å²) in [5.74, 6) is -1.49. The third kappa shape index (κ3) is 3.82. The van der Waals surface area contributed by atoms with Crippen molar-refractivity contribution in [1.82, 2.24) is 15.5 Å². The van der Waals surface area contributed by atoms with Crippen molar-refractivity contribution in [3.8, 4) is 17.2 Å². The molecule has 1 spiro atoms. The average Bonchev–Trinajstić information content (AvgIpc) is 3.59. The number of halogens is 1. The van der Waals surface area contributed by atoms with E-state index >= 15 is 0 Å². The first-order valence-corrected chi connectivity index (χ1v) is 11.9.